The summed E-state index contributed by atoms with van der Waals surface area (Å²) in [6.45, 7) is -1.25. The van der Waals surface area contributed by atoms with Gasteiger partial charge in [0.2, 0.25) is 10.0 Å². The van der Waals surface area contributed by atoms with E-state index in [9.17, 15) is 18.0 Å². The van der Waals surface area contributed by atoms with Gasteiger partial charge in [-0.1, -0.05) is 23.7 Å². The van der Waals surface area contributed by atoms with Gasteiger partial charge in [0.15, 0.2) is 0 Å². The van der Waals surface area contributed by atoms with Gasteiger partial charge in [0.25, 0.3) is 0 Å². The molecule has 116 valence electrons. The fraction of sp³-hybridized carbons (Fsp3) is 0.333. The van der Waals surface area contributed by atoms with E-state index >= 15 is 0 Å². The Labute approximate surface area is 127 Å². The summed E-state index contributed by atoms with van der Waals surface area (Å²) in [5, 5.41) is -0.0165. The third kappa shape index (κ3) is 4.42. The molecule has 0 aliphatic carbocycles. The normalized spacial score (nSPS) is 11.2. The van der Waals surface area contributed by atoms with Gasteiger partial charge in [0, 0.05) is 0 Å². The number of rotatable bonds is 6. The number of esters is 2. The molecule has 7 nitrogen and oxygen atoms in total. The SMILES string of the molecule is COC(=O)CN(CC(=O)OC)S(=O)(=O)c1ccccc1Cl. The highest BCUT2D eigenvalue weighted by Crippen LogP contribution is 2.24. The Kier molecular flexibility index (Phi) is 6.13. The van der Waals surface area contributed by atoms with E-state index in [0.717, 1.165) is 14.2 Å². The van der Waals surface area contributed by atoms with E-state index in [1.165, 1.54) is 18.2 Å². The number of methoxy groups -OCH3 is 2. The molecular formula is C12H14ClNO6S. The minimum absolute atomic E-state index is 0.0165. The van der Waals surface area contributed by atoms with E-state index in [1.807, 2.05) is 0 Å². The van der Waals surface area contributed by atoms with Crippen molar-refractivity contribution in [3.05, 3.63) is 29.3 Å². The highest BCUT2D eigenvalue weighted by Gasteiger charge is 2.30. The van der Waals surface area contributed by atoms with Crippen LogP contribution < -0.4 is 0 Å². The average molecular weight is 336 g/mol. The second-order valence-electron chi connectivity index (χ2n) is 3.86. The second kappa shape index (κ2) is 7.39. The Morgan fingerprint density at radius 1 is 1.10 bits per heavy atom. The van der Waals surface area contributed by atoms with Crippen LogP contribution in [0, 0.1) is 0 Å². The number of sulfonamides is 1. The van der Waals surface area contributed by atoms with Crippen LogP contribution in [-0.4, -0.2) is 52.0 Å². The van der Waals surface area contributed by atoms with Crippen molar-refractivity contribution in [2.24, 2.45) is 0 Å². The van der Waals surface area contributed by atoms with Gasteiger partial charge in [-0.2, -0.15) is 4.31 Å². The van der Waals surface area contributed by atoms with Crippen molar-refractivity contribution < 1.29 is 27.5 Å². The molecule has 0 fully saturated rings. The summed E-state index contributed by atoms with van der Waals surface area (Å²) in [6.07, 6.45) is 0. The van der Waals surface area contributed by atoms with Crippen LogP contribution in [0.2, 0.25) is 5.02 Å². The number of halogens is 1. The monoisotopic (exact) mass is 335 g/mol. The maximum Gasteiger partial charge on any atom is 0.321 e. The third-order valence-electron chi connectivity index (χ3n) is 2.52. The van der Waals surface area contributed by atoms with Crippen molar-refractivity contribution in [2.45, 2.75) is 4.90 Å². The van der Waals surface area contributed by atoms with Gasteiger partial charge in [-0.3, -0.25) is 9.59 Å². The lowest BCUT2D eigenvalue weighted by molar-refractivity contribution is -0.143. The molecule has 1 aromatic carbocycles. The summed E-state index contributed by atoms with van der Waals surface area (Å²) in [7, 11) is -1.92. The molecule has 0 amide bonds. The lowest BCUT2D eigenvalue weighted by Gasteiger charge is -2.20. The van der Waals surface area contributed by atoms with Crippen LogP contribution in [0.4, 0.5) is 0 Å². The van der Waals surface area contributed by atoms with E-state index in [4.69, 9.17) is 11.6 Å². The van der Waals surface area contributed by atoms with Gasteiger partial charge in [0.05, 0.1) is 19.2 Å². The van der Waals surface area contributed by atoms with E-state index < -0.39 is 35.1 Å². The van der Waals surface area contributed by atoms with Gasteiger partial charge < -0.3 is 9.47 Å². The molecule has 0 aromatic heterocycles. The first-order valence-corrected chi connectivity index (χ1v) is 7.53. The predicted octanol–water partition coefficient (Wildman–Crippen LogP) is 0.677. The number of carbonyl (C=O) groups excluding carboxylic acids is 2. The van der Waals surface area contributed by atoms with Gasteiger partial charge in [-0.15, -0.1) is 0 Å². The maximum atomic E-state index is 12.5. The van der Waals surface area contributed by atoms with Crippen LogP contribution in [-0.2, 0) is 29.1 Å². The van der Waals surface area contributed by atoms with E-state index in [0.29, 0.717) is 4.31 Å². The predicted molar refractivity (Wildman–Crippen MR) is 74.2 cm³/mol. The first-order valence-electron chi connectivity index (χ1n) is 5.71. The highest BCUT2D eigenvalue weighted by molar-refractivity contribution is 7.89. The lowest BCUT2D eigenvalue weighted by Crippen LogP contribution is -2.40. The molecule has 0 spiro atoms. The van der Waals surface area contributed by atoms with Crippen LogP contribution in [0.15, 0.2) is 29.2 Å². The summed E-state index contributed by atoms with van der Waals surface area (Å²) in [5.41, 5.74) is 0. The molecule has 1 rings (SSSR count). The molecule has 0 N–H and O–H groups in total. The van der Waals surface area contributed by atoms with Crippen molar-refractivity contribution in [1.82, 2.24) is 4.31 Å². The molecule has 0 heterocycles. The summed E-state index contributed by atoms with van der Waals surface area (Å²) >= 11 is 5.86. The summed E-state index contributed by atoms with van der Waals surface area (Å²) in [6, 6.07) is 5.71. The number of hydrogen-bond acceptors (Lipinski definition) is 6. The molecule has 0 saturated heterocycles. The van der Waals surface area contributed by atoms with Crippen molar-refractivity contribution in [2.75, 3.05) is 27.3 Å². The minimum atomic E-state index is -4.14. The Morgan fingerprint density at radius 2 is 1.57 bits per heavy atom. The molecule has 0 aliphatic rings. The molecule has 0 unspecified atom stereocenters. The number of benzene rings is 1. The van der Waals surface area contributed by atoms with Crippen LogP contribution in [0.5, 0.6) is 0 Å². The second-order valence-corrected chi connectivity index (χ2v) is 6.17. The number of carbonyl (C=O) groups is 2. The van der Waals surface area contributed by atoms with Gasteiger partial charge in [0.1, 0.15) is 18.0 Å². The Balaban J connectivity index is 3.19. The zero-order valence-electron chi connectivity index (χ0n) is 11.4. The van der Waals surface area contributed by atoms with Gasteiger partial charge in [-0.25, -0.2) is 8.42 Å². The Hall–Kier alpha value is -1.64. The first kappa shape index (κ1) is 17.4. The smallest absolute Gasteiger partial charge is 0.321 e. The summed E-state index contributed by atoms with van der Waals surface area (Å²) in [4.78, 5) is 22.5. The first-order chi connectivity index (χ1) is 9.82. The number of hydrogen-bond donors (Lipinski definition) is 0. The maximum absolute atomic E-state index is 12.5. The van der Waals surface area contributed by atoms with Crippen LogP contribution in [0.25, 0.3) is 0 Å². The summed E-state index contributed by atoms with van der Waals surface area (Å²) in [5.74, 6) is -1.62. The van der Waals surface area contributed by atoms with Crippen LogP contribution >= 0.6 is 11.6 Å². The van der Waals surface area contributed by atoms with Gasteiger partial charge >= 0.3 is 11.9 Å². The van der Waals surface area contributed by atoms with Crippen LogP contribution in [0.3, 0.4) is 0 Å². The van der Waals surface area contributed by atoms with Crippen molar-refractivity contribution in [1.29, 1.82) is 0 Å². The Morgan fingerprint density at radius 3 is 2.00 bits per heavy atom. The quantitative estimate of drug-likeness (QED) is 0.710. The van der Waals surface area contributed by atoms with Crippen molar-refractivity contribution in [3.63, 3.8) is 0 Å². The largest absolute Gasteiger partial charge is 0.468 e. The molecule has 0 radical (unpaired) electrons. The van der Waals surface area contributed by atoms with Gasteiger partial charge in [-0.05, 0) is 12.1 Å². The lowest BCUT2D eigenvalue weighted by atomic mass is 10.4. The zero-order chi connectivity index (χ0) is 16.0. The van der Waals surface area contributed by atoms with Crippen LogP contribution in [0.1, 0.15) is 0 Å². The Bertz CT molecular complexity index is 612. The zero-order valence-corrected chi connectivity index (χ0v) is 13.0. The standard InChI is InChI=1S/C12H14ClNO6S/c1-19-11(15)7-14(8-12(16)20-2)21(17,18)10-6-4-3-5-9(10)13/h3-6H,7-8H2,1-2H3. The third-order valence-corrected chi connectivity index (χ3v) is 4.81. The van der Waals surface area contributed by atoms with E-state index in [2.05, 4.69) is 9.47 Å². The molecule has 0 aliphatic heterocycles. The molecule has 1 aromatic rings. The average Bonchev–Trinajstić information content (AvgIpc) is 2.46. The molecule has 9 heteroatoms. The van der Waals surface area contributed by atoms with E-state index in [1.54, 1.807) is 6.07 Å². The van der Waals surface area contributed by atoms with Crippen molar-refractivity contribution >= 4 is 33.6 Å². The molecule has 0 saturated carbocycles. The molecular weight excluding hydrogens is 322 g/mol. The number of ether oxygens (including phenoxy) is 2. The molecule has 0 bridgehead atoms. The minimum Gasteiger partial charge on any atom is -0.468 e. The van der Waals surface area contributed by atoms with E-state index in [-0.39, 0.29) is 9.92 Å². The highest BCUT2D eigenvalue weighted by atomic mass is 35.5. The molecule has 21 heavy (non-hydrogen) atoms. The fourth-order valence-corrected chi connectivity index (χ4v) is 3.26. The molecule has 0 atom stereocenters. The summed E-state index contributed by atoms with van der Waals surface area (Å²) < 4.78 is 34.5. The fourth-order valence-electron chi connectivity index (χ4n) is 1.44. The number of nitrogens with zero attached hydrogens (tertiary/aromatic N) is 1. The van der Waals surface area contributed by atoms with Crippen molar-refractivity contribution in [3.8, 4) is 0 Å². The topological polar surface area (TPSA) is 90.0 Å².